The van der Waals surface area contributed by atoms with Crippen molar-refractivity contribution in [3.63, 3.8) is 0 Å². The van der Waals surface area contributed by atoms with E-state index in [0.717, 1.165) is 12.0 Å². The fraction of sp³-hybridized carbons (Fsp3) is 0.684. The molecule has 1 aliphatic heterocycles. The first-order valence-corrected chi connectivity index (χ1v) is 8.78. The molecule has 1 aromatic carbocycles. The van der Waals surface area contributed by atoms with Crippen LogP contribution in [0.15, 0.2) is 24.3 Å². The highest BCUT2D eigenvalue weighted by molar-refractivity contribution is 5.48. The minimum absolute atomic E-state index is 0.665. The van der Waals surface area contributed by atoms with Gasteiger partial charge in [-0.15, -0.1) is 0 Å². The zero-order valence-electron chi connectivity index (χ0n) is 13.6. The minimum Gasteiger partial charge on any atom is -0.370 e. The Kier molecular flexibility index (Phi) is 4.84. The molecular formula is C19H30N2. The van der Waals surface area contributed by atoms with Crippen molar-refractivity contribution in [2.45, 2.75) is 64.5 Å². The number of piperidine rings is 1. The van der Waals surface area contributed by atoms with Crippen molar-refractivity contribution in [3.8, 4) is 0 Å². The van der Waals surface area contributed by atoms with Gasteiger partial charge in [0.05, 0.1) is 0 Å². The van der Waals surface area contributed by atoms with Gasteiger partial charge in [-0.25, -0.2) is 0 Å². The van der Waals surface area contributed by atoms with Crippen molar-refractivity contribution < 1.29 is 0 Å². The van der Waals surface area contributed by atoms with Crippen LogP contribution in [0, 0.1) is 12.8 Å². The third-order valence-corrected chi connectivity index (χ3v) is 5.14. The normalized spacial score (nSPS) is 27.8. The molecule has 2 nitrogen and oxygen atoms in total. The summed E-state index contributed by atoms with van der Waals surface area (Å²) < 4.78 is 0. The molecular weight excluding hydrogens is 256 g/mol. The summed E-state index contributed by atoms with van der Waals surface area (Å²) in [5.74, 6) is 0.779. The van der Waals surface area contributed by atoms with Crippen molar-refractivity contribution in [2.75, 3.05) is 18.0 Å². The number of nitrogens with one attached hydrogen (secondary N) is 1. The van der Waals surface area contributed by atoms with E-state index < -0.39 is 0 Å². The largest absolute Gasteiger partial charge is 0.370 e. The van der Waals surface area contributed by atoms with Crippen molar-refractivity contribution in [1.29, 1.82) is 0 Å². The predicted molar refractivity (Wildman–Crippen MR) is 91.0 cm³/mol. The first kappa shape index (κ1) is 14.9. The topological polar surface area (TPSA) is 15.3 Å². The number of hydrogen-bond acceptors (Lipinski definition) is 2. The van der Waals surface area contributed by atoms with Gasteiger partial charge in [0.25, 0.3) is 0 Å². The zero-order chi connectivity index (χ0) is 14.7. The van der Waals surface area contributed by atoms with E-state index in [0.29, 0.717) is 6.04 Å². The standard InChI is InChI=1S/C19H30N2/c1-15-8-10-19(11-9-15)21-13-16(2)12-18(14-21)20-17-6-4-3-5-7-17/h8-11,16-18,20H,3-7,12-14H2,1-2H3. The third kappa shape index (κ3) is 4.00. The first-order chi connectivity index (χ1) is 10.2. The van der Waals surface area contributed by atoms with Gasteiger partial charge < -0.3 is 10.2 Å². The Hall–Kier alpha value is -1.02. The molecule has 0 aromatic heterocycles. The van der Waals surface area contributed by atoms with Crippen molar-refractivity contribution in [3.05, 3.63) is 29.8 Å². The van der Waals surface area contributed by atoms with E-state index in [2.05, 4.69) is 48.3 Å². The molecule has 2 unspecified atom stereocenters. The fourth-order valence-electron chi connectivity index (χ4n) is 4.04. The Balaban J connectivity index is 1.62. The molecule has 0 spiro atoms. The van der Waals surface area contributed by atoms with Crippen LogP contribution in [0.1, 0.15) is 51.0 Å². The minimum atomic E-state index is 0.665. The monoisotopic (exact) mass is 286 g/mol. The number of benzene rings is 1. The molecule has 0 radical (unpaired) electrons. The molecule has 1 heterocycles. The van der Waals surface area contributed by atoms with Crippen LogP contribution in [0.3, 0.4) is 0 Å². The first-order valence-electron chi connectivity index (χ1n) is 8.78. The van der Waals surface area contributed by atoms with Crippen molar-refractivity contribution in [2.24, 2.45) is 5.92 Å². The second-order valence-corrected chi connectivity index (χ2v) is 7.28. The number of aryl methyl sites for hydroxylation is 1. The van der Waals surface area contributed by atoms with E-state index in [1.807, 2.05) is 0 Å². The van der Waals surface area contributed by atoms with Crippen LogP contribution >= 0.6 is 0 Å². The molecule has 116 valence electrons. The number of anilines is 1. The maximum atomic E-state index is 3.96. The summed E-state index contributed by atoms with van der Waals surface area (Å²) in [6.07, 6.45) is 8.38. The zero-order valence-corrected chi connectivity index (χ0v) is 13.6. The Morgan fingerprint density at radius 3 is 2.38 bits per heavy atom. The van der Waals surface area contributed by atoms with Crippen LogP contribution in [0.25, 0.3) is 0 Å². The second kappa shape index (κ2) is 6.83. The number of rotatable bonds is 3. The van der Waals surface area contributed by atoms with E-state index in [-0.39, 0.29) is 0 Å². The van der Waals surface area contributed by atoms with E-state index in [1.165, 1.54) is 62.9 Å². The molecule has 1 saturated heterocycles. The van der Waals surface area contributed by atoms with Gasteiger partial charge in [0.1, 0.15) is 0 Å². The fourth-order valence-corrected chi connectivity index (χ4v) is 4.04. The molecule has 2 heteroatoms. The van der Waals surface area contributed by atoms with Gasteiger partial charge in [-0.05, 0) is 44.2 Å². The molecule has 2 aliphatic rings. The highest BCUT2D eigenvalue weighted by Crippen LogP contribution is 2.25. The molecule has 1 aromatic rings. The van der Waals surface area contributed by atoms with Gasteiger partial charge in [0.2, 0.25) is 0 Å². The summed E-state index contributed by atoms with van der Waals surface area (Å²) in [5, 5.41) is 3.96. The van der Waals surface area contributed by atoms with Gasteiger partial charge in [0.15, 0.2) is 0 Å². The molecule has 0 amide bonds. The van der Waals surface area contributed by atoms with Crippen LogP contribution in [-0.4, -0.2) is 25.2 Å². The molecule has 0 bridgehead atoms. The summed E-state index contributed by atoms with van der Waals surface area (Å²) in [5.41, 5.74) is 2.74. The predicted octanol–water partition coefficient (Wildman–Crippen LogP) is 4.13. The smallest absolute Gasteiger partial charge is 0.0367 e. The average Bonchev–Trinajstić information content (AvgIpc) is 2.48. The highest BCUT2D eigenvalue weighted by atomic mass is 15.2. The molecule has 2 atom stereocenters. The van der Waals surface area contributed by atoms with Crippen LogP contribution in [-0.2, 0) is 0 Å². The van der Waals surface area contributed by atoms with Gasteiger partial charge in [-0.1, -0.05) is 43.9 Å². The van der Waals surface area contributed by atoms with Crippen LogP contribution in [0.2, 0.25) is 0 Å². The Morgan fingerprint density at radius 2 is 1.67 bits per heavy atom. The quantitative estimate of drug-likeness (QED) is 0.898. The number of hydrogen-bond donors (Lipinski definition) is 1. The van der Waals surface area contributed by atoms with Gasteiger partial charge in [0, 0.05) is 30.9 Å². The van der Waals surface area contributed by atoms with Gasteiger partial charge in [-0.2, -0.15) is 0 Å². The highest BCUT2D eigenvalue weighted by Gasteiger charge is 2.27. The van der Waals surface area contributed by atoms with Crippen LogP contribution in [0.4, 0.5) is 5.69 Å². The lowest BCUT2D eigenvalue weighted by molar-refractivity contribution is 0.285. The molecule has 2 fully saturated rings. The van der Waals surface area contributed by atoms with E-state index in [4.69, 9.17) is 0 Å². The maximum absolute atomic E-state index is 3.96. The van der Waals surface area contributed by atoms with Crippen LogP contribution in [0.5, 0.6) is 0 Å². The van der Waals surface area contributed by atoms with Gasteiger partial charge >= 0.3 is 0 Å². The molecule has 21 heavy (non-hydrogen) atoms. The second-order valence-electron chi connectivity index (χ2n) is 7.28. The summed E-state index contributed by atoms with van der Waals surface area (Å²) in [6.45, 7) is 6.93. The summed E-state index contributed by atoms with van der Waals surface area (Å²) in [7, 11) is 0. The van der Waals surface area contributed by atoms with Gasteiger partial charge in [-0.3, -0.25) is 0 Å². The third-order valence-electron chi connectivity index (χ3n) is 5.14. The molecule has 1 N–H and O–H groups in total. The summed E-state index contributed by atoms with van der Waals surface area (Å²) >= 11 is 0. The van der Waals surface area contributed by atoms with E-state index in [9.17, 15) is 0 Å². The molecule has 1 aliphatic carbocycles. The number of nitrogens with zero attached hydrogens (tertiary/aromatic N) is 1. The molecule has 1 saturated carbocycles. The van der Waals surface area contributed by atoms with E-state index in [1.54, 1.807) is 0 Å². The van der Waals surface area contributed by atoms with Crippen LogP contribution < -0.4 is 10.2 Å². The van der Waals surface area contributed by atoms with E-state index >= 15 is 0 Å². The lowest BCUT2D eigenvalue weighted by atomic mass is 9.91. The van der Waals surface area contributed by atoms with Crippen molar-refractivity contribution >= 4 is 5.69 Å². The Morgan fingerprint density at radius 1 is 0.952 bits per heavy atom. The van der Waals surface area contributed by atoms with Crippen molar-refractivity contribution in [1.82, 2.24) is 5.32 Å². The lowest BCUT2D eigenvalue weighted by Crippen LogP contribution is -2.52. The summed E-state index contributed by atoms with van der Waals surface area (Å²) in [4.78, 5) is 2.58. The average molecular weight is 286 g/mol. The SMILES string of the molecule is Cc1ccc(N2CC(C)CC(NC3CCCCC3)C2)cc1. The maximum Gasteiger partial charge on any atom is 0.0367 e. The Bertz CT molecular complexity index is 433. The lowest BCUT2D eigenvalue weighted by Gasteiger charge is -2.40. The molecule has 3 rings (SSSR count). The Labute approximate surface area is 129 Å². The summed E-state index contributed by atoms with van der Waals surface area (Å²) in [6, 6.07) is 10.5.